The summed E-state index contributed by atoms with van der Waals surface area (Å²) >= 11 is 0. The van der Waals surface area contributed by atoms with Gasteiger partial charge in [0, 0.05) is 25.1 Å². The SMILES string of the molecule is O=C(NCCOC[C@H]1CCCO1)c1noc2c1CCCCC2. The normalized spacial score (nSPS) is 21.4. The first-order valence-electron chi connectivity index (χ1n) is 8.29. The van der Waals surface area contributed by atoms with Gasteiger partial charge in [-0.3, -0.25) is 4.79 Å². The largest absolute Gasteiger partial charge is 0.377 e. The van der Waals surface area contributed by atoms with Crippen LogP contribution in [0.2, 0.25) is 0 Å². The monoisotopic (exact) mass is 308 g/mol. The molecule has 1 N–H and O–H groups in total. The molecule has 2 aliphatic rings. The van der Waals surface area contributed by atoms with Crippen LogP contribution in [0.1, 0.15) is 53.9 Å². The Morgan fingerprint density at radius 3 is 3.05 bits per heavy atom. The molecule has 1 atom stereocenters. The number of aromatic nitrogens is 1. The molecule has 0 radical (unpaired) electrons. The highest BCUT2D eigenvalue weighted by Crippen LogP contribution is 2.23. The van der Waals surface area contributed by atoms with Crippen LogP contribution in [-0.4, -0.2) is 43.5 Å². The molecule has 0 bridgehead atoms. The third-order valence-corrected chi connectivity index (χ3v) is 4.27. The zero-order valence-corrected chi connectivity index (χ0v) is 12.9. The lowest BCUT2D eigenvalue weighted by Crippen LogP contribution is -2.29. The number of rotatable bonds is 6. The van der Waals surface area contributed by atoms with Crippen molar-refractivity contribution in [3.63, 3.8) is 0 Å². The van der Waals surface area contributed by atoms with Crippen molar-refractivity contribution < 1.29 is 18.8 Å². The Morgan fingerprint density at radius 2 is 2.18 bits per heavy atom. The summed E-state index contributed by atoms with van der Waals surface area (Å²) in [5.74, 6) is 0.727. The Balaban J connectivity index is 1.41. The number of nitrogens with zero attached hydrogens (tertiary/aromatic N) is 1. The second kappa shape index (κ2) is 7.74. The van der Waals surface area contributed by atoms with Crippen molar-refractivity contribution >= 4 is 5.91 Å². The number of nitrogens with one attached hydrogen (secondary N) is 1. The van der Waals surface area contributed by atoms with Gasteiger partial charge in [0.2, 0.25) is 0 Å². The first-order valence-corrected chi connectivity index (χ1v) is 8.29. The van der Waals surface area contributed by atoms with Gasteiger partial charge >= 0.3 is 0 Å². The molecule has 0 aromatic carbocycles. The molecule has 1 aromatic rings. The maximum Gasteiger partial charge on any atom is 0.273 e. The summed E-state index contributed by atoms with van der Waals surface area (Å²) in [5.41, 5.74) is 1.45. The molecule has 1 aliphatic heterocycles. The average Bonchev–Trinajstić information content (AvgIpc) is 3.12. The molecule has 6 nitrogen and oxygen atoms in total. The van der Waals surface area contributed by atoms with E-state index in [2.05, 4.69) is 10.5 Å². The summed E-state index contributed by atoms with van der Waals surface area (Å²) in [6, 6.07) is 0. The van der Waals surface area contributed by atoms with E-state index in [4.69, 9.17) is 14.0 Å². The summed E-state index contributed by atoms with van der Waals surface area (Å²) in [6.07, 6.45) is 7.57. The fourth-order valence-electron chi connectivity index (χ4n) is 3.05. The highest BCUT2D eigenvalue weighted by Gasteiger charge is 2.22. The van der Waals surface area contributed by atoms with E-state index in [-0.39, 0.29) is 12.0 Å². The van der Waals surface area contributed by atoms with Crippen LogP contribution in [0.15, 0.2) is 4.52 Å². The van der Waals surface area contributed by atoms with Gasteiger partial charge < -0.3 is 19.3 Å². The van der Waals surface area contributed by atoms with Gasteiger partial charge in [-0.05, 0) is 32.1 Å². The molecule has 1 aliphatic carbocycles. The van der Waals surface area contributed by atoms with E-state index >= 15 is 0 Å². The van der Waals surface area contributed by atoms with Gasteiger partial charge in [-0.15, -0.1) is 0 Å². The van der Waals surface area contributed by atoms with Gasteiger partial charge in [-0.2, -0.15) is 0 Å². The lowest BCUT2D eigenvalue weighted by Gasteiger charge is -2.10. The van der Waals surface area contributed by atoms with Crippen molar-refractivity contribution in [2.24, 2.45) is 0 Å². The third-order valence-electron chi connectivity index (χ3n) is 4.27. The van der Waals surface area contributed by atoms with E-state index in [9.17, 15) is 4.79 Å². The molecule has 2 heterocycles. The standard InChI is InChI=1S/C16H24N2O4/c19-16(17-8-10-20-11-12-5-4-9-21-12)15-13-6-2-1-3-7-14(13)22-18-15/h12H,1-11H2,(H,17,19)/t12-/m1/s1. The quantitative estimate of drug-likeness (QED) is 0.641. The van der Waals surface area contributed by atoms with Crippen molar-refractivity contribution in [1.29, 1.82) is 0 Å². The Morgan fingerprint density at radius 1 is 1.27 bits per heavy atom. The maximum atomic E-state index is 12.2. The van der Waals surface area contributed by atoms with Crippen LogP contribution in [0.25, 0.3) is 0 Å². The number of carbonyl (C=O) groups excluding carboxylic acids is 1. The Hall–Kier alpha value is -1.40. The topological polar surface area (TPSA) is 73.6 Å². The molecule has 22 heavy (non-hydrogen) atoms. The summed E-state index contributed by atoms with van der Waals surface area (Å²) in [6.45, 7) is 2.41. The van der Waals surface area contributed by atoms with Gasteiger partial charge in [0.05, 0.1) is 19.3 Å². The predicted octanol–water partition coefficient (Wildman–Crippen LogP) is 1.87. The average molecular weight is 308 g/mol. The van der Waals surface area contributed by atoms with E-state index in [1.807, 2.05) is 0 Å². The van der Waals surface area contributed by atoms with Crippen LogP contribution in [0.4, 0.5) is 0 Å². The first-order chi connectivity index (χ1) is 10.8. The smallest absolute Gasteiger partial charge is 0.273 e. The Kier molecular flexibility index (Phi) is 5.45. The second-order valence-corrected chi connectivity index (χ2v) is 5.96. The lowest BCUT2D eigenvalue weighted by atomic mass is 10.1. The Bertz CT molecular complexity index is 494. The molecule has 1 saturated heterocycles. The van der Waals surface area contributed by atoms with E-state index in [0.717, 1.165) is 56.5 Å². The van der Waals surface area contributed by atoms with E-state index in [1.165, 1.54) is 6.42 Å². The van der Waals surface area contributed by atoms with Crippen molar-refractivity contribution in [1.82, 2.24) is 10.5 Å². The van der Waals surface area contributed by atoms with Crippen molar-refractivity contribution in [3.05, 3.63) is 17.0 Å². The first kappa shape index (κ1) is 15.5. The van der Waals surface area contributed by atoms with E-state index < -0.39 is 0 Å². The molecule has 3 rings (SSSR count). The minimum Gasteiger partial charge on any atom is -0.377 e. The number of carbonyl (C=O) groups is 1. The fraction of sp³-hybridized carbons (Fsp3) is 0.750. The molecule has 122 valence electrons. The minimum atomic E-state index is -0.160. The molecule has 0 saturated carbocycles. The molecular formula is C16H24N2O4. The summed E-state index contributed by atoms with van der Waals surface area (Å²) < 4.78 is 16.3. The van der Waals surface area contributed by atoms with Crippen LogP contribution in [0.3, 0.4) is 0 Å². The molecular weight excluding hydrogens is 284 g/mol. The zero-order valence-electron chi connectivity index (χ0n) is 12.9. The molecule has 6 heteroatoms. The van der Waals surface area contributed by atoms with Crippen molar-refractivity contribution in [2.75, 3.05) is 26.4 Å². The third kappa shape index (κ3) is 3.87. The molecule has 0 unspecified atom stereocenters. The van der Waals surface area contributed by atoms with Crippen LogP contribution in [-0.2, 0) is 22.3 Å². The van der Waals surface area contributed by atoms with E-state index in [0.29, 0.717) is 25.5 Å². The second-order valence-electron chi connectivity index (χ2n) is 5.96. The van der Waals surface area contributed by atoms with Gasteiger partial charge in [0.1, 0.15) is 5.76 Å². The highest BCUT2D eigenvalue weighted by molar-refractivity contribution is 5.93. The van der Waals surface area contributed by atoms with Crippen molar-refractivity contribution in [3.8, 4) is 0 Å². The van der Waals surface area contributed by atoms with Gasteiger partial charge in [0.25, 0.3) is 5.91 Å². The number of hydrogen-bond donors (Lipinski definition) is 1. The molecule has 0 spiro atoms. The molecule has 1 fully saturated rings. The summed E-state index contributed by atoms with van der Waals surface area (Å²) in [7, 11) is 0. The minimum absolute atomic E-state index is 0.160. The van der Waals surface area contributed by atoms with Gasteiger partial charge in [-0.1, -0.05) is 11.6 Å². The lowest BCUT2D eigenvalue weighted by molar-refractivity contribution is 0.0183. The summed E-state index contributed by atoms with van der Waals surface area (Å²) in [5, 5.41) is 6.81. The number of amides is 1. The van der Waals surface area contributed by atoms with Gasteiger partial charge in [0.15, 0.2) is 5.69 Å². The number of fused-ring (bicyclic) bond motifs is 1. The van der Waals surface area contributed by atoms with Crippen LogP contribution < -0.4 is 5.32 Å². The zero-order chi connectivity index (χ0) is 15.2. The molecule has 1 amide bonds. The fourth-order valence-corrected chi connectivity index (χ4v) is 3.05. The number of ether oxygens (including phenoxy) is 2. The maximum absolute atomic E-state index is 12.2. The Labute approximate surface area is 130 Å². The van der Waals surface area contributed by atoms with Gasteiger partial charge in [-0.25, -0.2) is 0 Å². The summed E-state index contributed by atoms with van der Waals surface area (Å²) in [4.78, 5) is 12.2. The highest BCUT2D eigenvalue weighted by atomic mass is 16.5. The number of aryl methyl sites for hydroxylation is 1. The van der Waals surface area contributed by atoms with Crippen LogP contribution in [0, 0.1) is 0 Å². The van der Waals surface area contributed by atoms with Crippen molar-refractivity contribution in [2.45, 2.75) is 51.0 Å². The van der Waals surface area contributed by atoms with E-state index in [1.54, 1.807) is 0 Å². The van der Waals surface area contributed by atoms with Crippen LogP contribution >= 0.6 is 0 Å². The van der Waals surface area contributed by atoms with Crippen LogP contribution in [0.5, 0.6) is 0 Å². The molecule has 1 aromatic heterocycles. The predicted molar refractivity (Wildman–Crippen MR) is 79.9 cm³/mol. The number of hydrogen-bond acceptors (Lipinski definition) is 5.